The molecule has 3 aromatic rings. The molecule has 0 spiro atoms. The summed E-state index contributed by atoms with van der Waals surface area (Å²) in [5.41, 5.74) is 4.07. The standard InChI is InChI=1S/C22H24N4O3/c1-29-15-18-12-19(26(27)28)9-10-21(18)25-11-5-8-17(14-25)22-23-13-20(24-22)16-6-3-2-4-7-16/h2-4,6-7,9-10,12-13,17H,5,8,11,14-15H2,1H3,(H,23,24). The van der Waals surface area contributed by atoms with E-state index < -0.39 is 0 Å². The van der Waals surface area contributed by atoms with Crippen molar-refractivity contribution in [3.63, 3.8) is 0 Å². The average Bonchev–Trinajstić information content (AvgIpc) is 3.25. The Kier molecular flexibility index (Phi) is 5.57. The molecule has 1 aliphatic rings. The second kappa shape index (κ2) is 8.45. The first-order chi connectivity index (χ1) is 14.2. The predicted octanol–water partition coefficient (Wildman–Crippen LogP) is 4.52. The number of H-pyrrole nitrogens is 1. The number of nitro groups is 1. The number of methoxy groups -OCH3 is 1. The molecule has 0 aliphatic carbocycles. The second-order valence-electron chi connectivity index (χ2n) is 7.34. The Hall–Kier alpha value is -3.19. The average molecular weight is 392 g/mol. The SMILES string of the molecule is COCc1cc([N+](=O)[O-])ccc1N1CCCC(c2ncc(-c3ccccc3)[nH]2)C1. The lowest BCUT2D eigenvalue weighted by Crippen LogP contribution is -2.35. The number of ether oxygens (including phenoxy) is 1. The van der Waals surface area contributed by atoms with Crippen LogP contribution in [0.1, 0.15) is 30.1 Å². The molecule has 7 nitrogen and oxygen atoms in total. The van der Waals surface area contributed by atoms with Crippen LogP contribution in [0.4, 0.5) is 11.4 Å². The fraction of sp³-hybridized carbons (Fsp3) is 0.318. The Bertz CT molecular complexity index is 987. The van der Waals surface area contributed by atoms with Crippen LogP contribution in [0.15, 0.2) is 54.7 Å². The predicted molar refractivity (Wildman–Crippen MR) is 112 cm³/mol. The summed E-state index contributed by atoms with van der Waals surface area (Å²) >= 11 is 0. The van der Waals surface area contributed by atoms with Crippen molar-refractivity contribution in [3.8, 4) is 11.3 Å². The van der Waals surface area contributed by atoms with Gasteiger partial charge in [0.2, 0.25) is 0 Å². The Labute approximate surface area is 169 Å². The molecule has 0 saturated carbocycles. The summed E-state index contributed by atoms with van der Waals surface area (Å²) < 4.78 is 5.29. The lowest BCUT2D eigenvalue weighted by molar-refractivity contribution is -0.384. The number of nitro benzene ring substituents is 1. The minimum Gasteiger partial charge on any atom is -0.380 e. The van der Waals surface area contributed by atoms with Crippen molar-refractivity contribution in [1.82, 2.24) is 9.97 Å². The monoisotopic (exact) mass is 392 g/mol. The number of hydrogen-bond acceptors (Lipinski definition) is 5. The first-order valence-corrected chi connectivity index (χ1v) is 9.77. The zero-order valence-corrected chi connectivity index (χ0v) is 16.4. The van der Waals surface area contributed by atoms with Crippen LogP contribution in [-0.2, 0) is 11.3 Å². The highest BCUT2D eigenvalue weighted by atomic mass is 16.6. The van der Waals surface area contributed by atoms with Crippen LogP contribution in [-0.4, -0.2) is 35.1 Å². The van der Waals surface area contributed by atoms with Crippen molar-refractivity contribution in [1.29, 1.82) is 0 Å². The van der Waals surface area contributed by atoms with Gasteiger partial charge in [-0.3, -0.25) is 10.1 Å². The fourth-order valence-corrected chi connectivity index (χ4v) is 3.99. The molecule has 2 heterocycles. The van der Waals surface area contributed by atoms with Crippen molar-refractivity contribution < 1.29 is 9.66 Å². The Morgan fingerprint density at radius 1 is 1.28 bits per heavy atom. The summed E-state index contributed by atoms with van der Waals surface area (Å²) in [6, 6.07) is 15.2. The van der Waals surface area contributed by atoms with Gasteiger partial charge in [0.15, 0.2) is 0 Å². The molecule has 1 saturated heterocycles. The number of piperidine rings is 1. The Balaban J connectivity index is 1.56. The van der Waals surface area contributed by atoms with Crippen molar-refractivity contribution in [2.75, 3.05) is 25.1 Å². The van der Waals surface area contributed by atoms with Crippen molar-refractivity contribution >= 4 is 11.4 Å². The van der Waals surface area contributed by atoms with Crippen LogP contribution >= 0.6 is 0 Å². The molecule has 1 aliphatic heterocycles. The van der Waals surface area contributed by atoms with E-state index in [4.69, 9.17) is 4.74 Å². The normalized spacial score (nSPS) is 16.7. The topological polar surface area (TPSA) is 84.3 Å². The van der Waals surface area contributed by atoms with Gasteiger partial charge >= 0.3 is 0 Å². The number of nitrogens with one attached hydrogen (secondary N) is 1. The van der Waals surface area contributed by atoms with E-state index in [-0.39, 0.29) is 16.5 Å². The smallest absolute Gasteiger partial charge is 0.269 e. The highest BCUT2D eigenvalue weighted by Crippen LogP contribution is 2.33. The first kappa shape index (κ1) is 19.1. The van der Waals surface area contributed by atoms with Gasteiger partial charge in [-0.25, -0.2) is 4.98 Å². The molecule has 7 heteroatoms. The van der Waals surface area contributed by atoms with Gasteiger partial charge in [0.25, 0.3) is 5.69 Å². The number of anilines is 1. The summed E-state index contributed by atoms with van der Waals surface area (Å²) in [6.07, 6.45) is 3.99. The Morgan fingerprint density at radius 2 is 2.10 bits per heavy atom. The number of nitrogens with zero attached hydrogens (tertiary/aromatic N) is 3. The molecule has 1 aromatic heterocycles. The number of rotatable bonds is 6. The molecular formula is C22H24N4O3. The first-order valence-electron chi connectivity index (χ1n) is 9.77. The van der Waals surface area contributed by atoms with Crippen molar-refractivity contribution in [2.45, 2.75) is 25.4 Å². The molecule has 0 amide bonds. The molecule has 0 bridgehead atoms. The summed E-state index contributed by atoms with van der Waals surface area (Å²) in [6.45, 7) is 2.07. The number of aromatic amines is 1. The number of benzene rings is 2. The quantitative estimate of drug-likeness (QED) is 0.493. The van der Waals surface area contributed by atoms with Crippen molar-refractivity contribution in [3.05, 3.63) is 76.2 Å². The van der Waals surface area contributed by atoms with Gasteiger partial charge in [-0.1, -0.05) is 30.3 Å². The summed E-state index contributed by atoms with van der Waals surface area (Å²) in [5.74, 6) is 1.27. The number of non-ortho nitro benzene ring substituents is 1. The molecule has 1 N–H and O–H groups in total. The fourth-order valence-electron chi connectivity index (χ4n) is 3.99. The van der Waals surface area contributed by atoms with Crippen LogP contribution in [0.3, 0.4) is 0 Å². The lowest BCUT2D eigenvalue weighted by Gasteiger charge is -2.34. The van der Waals surface area contributed by atoms with Gasteiger partial charge in [-0.2, -0.15) is 0 Å². The van der Waals surface area contributed by atoms with E-state index in [1.807, 2.05) is 30.5 Å². The molecule has 2 aromatic carbocycles. The van der Waals surface area contributed by atoms with E-state index in [0.717, 1.165) is 54.3 Å². The third-order valence-corrected chi connectivity index (χ3v) is 5.40. The summed E-state index contributed by atoms with van der Waals surface area (Å²) in [4.78, 5) is 21.2. The highest BCUT2D eigenvalue weighted by molar-refractivity contribution is 5.59. The molecule has 150 valence electrons. The van der Waals surface area contributed by atoms with Gasteiger partial charge in [-0.05, 0) is 24.5 Å². The van der Waals surface area contributed by atoms with Crippen molar-refractivity contribution in [2.24, 2.45) is 0 Å². The molecule has 1 fully saturated rings. The Morgan fingerprint density at radius 3 is 2.86 bits per heavy atom. The van der Waals surface area contributed by atoms with Crippen LogP contribution in [0.5, 0.6) is 0 Å². The van der Waals surface area contributed by atoms with Crippen LogP contribution in [0.2, 0.25) is 0 Å². The minimum absolute atomic E-state index is 0.0906. The van der Waals surface area contributed by atoms with E-state index in [9.17, 15) is 10.1 Å². The van der Waals surface area contributed by atoms with Gasteiger partial charge in [0, 0.05) is 49.5 Å². The van der Waals surface area contributed by atoms with Gasteiger partial charge < -0.3 is 14.6 Å². The largest absolute Gasteiger partial charge is 0.380 e. The zero-order valence-electron chi connectivity index (χ0n) is 16.4. The zero-order chi connectivity index (χ0) is 20.2. The maximum absolute atomic E-state index is 11.1. The second-order valence-corrected chi connectivity index (χ2v) is 7.34. The third kappa shape index (κ3) is 4.14. The molecule has 1 atom stereocenters. The van der Waals surface area contributed by atoms with Gasteiger partial charge in [0.1, 0.15) is 5.82 Å². The number of aromatic nitrogens is 2. The molecule has 4 rings (SSSR count). The van der Waals surface area contributed by atoms with Crippen LogP contribution < -0.4 is 4.90 Å². The number of hydrogen-bond donors (Lipinski definition) is 1. The molecular weight excluding hydrogens is 368 g/mol. The van der Waals surface area contributed by atoms with Gasteiger partial charge in [0.05, 0.1) is 23.4 Å². The maximum atomic E-state index is 11.1. The maximum Gasteiger partial charge on any atom is 0.269 e. The van der Waals surface area contributed by atoms with Gasteiger partial charge in [-0.15, -0.1) is 0 Å². The van der Waals surface area contributed by atoms with E-state index in [1.54, 1.807) is 19.2 Å². The molecule has 29 heavy (non-hydrogen) atoms. The van der Waals surface area contributed by atoms with Crippen LogP contribution in [0.25, 0.3) is 11.3 Å². The highest BCUT2D eigenvalue weighted by Gasteiger charge is 2.26. The van der Waals surface area contributed by atoms with E-state index in [0.29, 0.717) is 6.61 Å². The minimum atomic E-state index is -0.365. The lowest BCUT2D eigenvalue weighted by atomic mass is 9.96. The number of imidazole rings is 1. The summed E-state index contributed by atoms with van der Waals surface area (Å²) in [5, 5.41) is 11.1. The van der Waals surface area contributed by atoms with E-state index >= 15 is 0 Å². The van der Waals surface area contributed by atoms with Crippen LogP contribution in [0, 0.1) is 10.1 Å². The van der Waals surface area contributed by atoms with E-state index in [2.05, 4.69) is 27.0 Å². The third-order valence-electron chi connectivity index (χ3n) is 5.40. The summed E-state index contributed by atoms with van der Waals surface area (Å²) in [7, 11) is 1.61. The molecule has 0 radical (unpaired) electrons. The molecule has 1 unspecified atom stereocenters. The van der Waals surface area contributed by atoms with E-state index in [1.165, 1.54) is 0 Å².